The lowest BCUT2D eigenvalue weighted by molar-refractivity contribution is 0.424. The van der Waals surface area contributed by atoms with Gasteiger partial charge in [0.25, 0.3) is 0 Å². The number of nitrogens with one attached hydrogen (secondary N) is 1. The summed E-state index contributed by atoms with van der Waals surface area (Å²) in [6.45, 7) is 0.423. The van der Waals surface area contributed by atoms with Crippen LogP contribution in [0.2, 0.25) is 5.02 Å². The van der Waals surface area contributed by atoms with Gasteiger partial charge in [-0.15, -0.1) is 0 Å². The molecule has 0 unspecified atom stereocenters. The van der Waals surface area contributed by atoms with Crippen LogP contribution in [0, 0.1) is 0 Å². The Balaban J connectivity index is 1.72. The lowest BCUT2D eigenvalue weighted by Gasteiger charge is -2.05. The maximum absolute atomic E-state index is 6.00. The van der Waals surface area contributed by atoms with E-state index in [-0.39, 0.29) is 5.82 Å². The Labute approximate surface area is 126 Å². The van der Waals surface area contributed by atoms with Gasteiger partial charge in [0, 0.05) is 11.6 Å². The summed E-state index contributed by atoms with van der Waals surface area (Å²) in [4.78, 5) is 7.83. The van der Waals surface area contributed by atoms with Crippen LogP contribution in [-0.4, -0.2) is 15.1 Å². The summed E-state index contributed by atoms with van der Waals surface area (Å²) in [6.07, 6.45) is 1.35. The van der Waals surface area contributed by atoms with E-state index >= 15 is 0 Å². The van der Waals surface area contributed by atoms with Crippen molar-refractivity contribution >= 4 is 23.2 Å². The number of hydrogen-bond donors (Lipinski definition) is 2. The number of nitrogen functional groups attached to an aromatic ring is 1. The number of halogens is 1. The third-order valence-electron chi connectivity index (χ3n) is 2.87. The largest absolute Gasteiger partial charge is 0.382 e. The van der Waals surface area contributed by atoms with Crippen molar-refractivity contribution in [3.05, 3.63) is 53.4 Å². The Morgan fingerprint density at radius 2 is 2.00 bits per heavy atom. The number of benzene rings is 1. The second-order valence-electron chi connectivity index (χ2n) is 4.32. The predicted octanol–water partition coefficient (Wildman–Crippen LogP) is 2.98. The van der Waals surface area contributed by atoms with Gasteiger partial charge >= 0.3 is 0 Å². The van der Waals surface area contributed by atoms with Crippen LogP contribution < -0.4 is 11.1 Å². The number of nitrogens with two attached hydrogens (primary N) is 1. The van der Waals surface area contributed by atoms with Gasteiger partial charge in [-0.25, -0.2) is 9.97 Å². The molecule has 0 saturated heterocycles. The number of nitrogens with zero attached hydrogens (tertiary/aromatic N) is 3. The minimum atomic E-state index is 0.235. The molecule has 106 valence electrons. The first-order valence-electron chi connectivity index (χ1n) is 6.25. The molecule has 0 spiro atoms. The minimum Gasteiger partial charge on any atom is -0.382 e. The molecule has 3 N–H and O–H groups in total. The first-order valence-corrected chi connectivity index (χ1v) is 6.62. The first-order chi connectivity index (χ1) is 10.2. The number of rotatable bonds is 4. The molecule has 0 aliphatic carbocycles. The zero-order chi connectivity index (χ0) is 14.7. The van der Waals surface area contributed by atoms with Gasteiger partial charge in [0.05, 0.1) is 6.54 Å². The van der Waals surface area contributed by atoms with Gasteiger partial charge in [0.15, 0.2) is 11.6 Å². The van der Waals surface area contributed by atoms with Crippen molar-refractivity contribution in [1.82, 2.24) is 15.1 Å². The fraction of sp³-hybridized carbons (Fsp3) is 0.0714. The highest BCUT2D eigenvalue weighted by Gasteiger charge is 2.09. The van der Waals surface area contributed by atoms with Gasteiger partial charge in [0.1, 0.15) is 22.9 Å². The fourth-order valence-corrected chi connectivity index (χ4v) is 1.98. The maximum Gasteiger partial charge on any atom is 0.167 e. The predicted molar refractivity (Wildman–Crippen MR) is 80.7 cm³/mol. The summed E-state index contributed by atoms with van der Waals surface area (Å²) >= 11 is 6.00. The molecule has 0 fully saturated rings. The SMILES string of the molecule is Nc1ncnc(NCc2cc(-c3ccccc3)on2)c1Cl. The Morgan fingerprint density at radius 1 is 1.19 bits per heavy atom. The molecule has 3 aromatic rings. The second kappa shape index (κ2) is 5.80. The third kappa shape index (κ3) is 2.95. The lowest BCUT2D eigenvalue weighted by Crippen LogP contribution is -2.04. The van der Waals surface area contributed by atoms with E-state index in [9.17, 15) is 0 Å². The normalized spacial score (nSPS) is 10.5. The van der Waals surface area contributed by atoms with Crippen molar-refractivity contribution in [3.63, 3.8) is 0 Å². The zero-order valence-electron chi connectivity index (χ0n) is 11.0. The minimum absolute atomic E-state index is 0.235. The molecule has 21 heavy (non-hydrogen) atoms. The van der Waals surface area contributed by atoms with Gasteiger partial charge < -0.3 is 15.6 Å². The third-order valence-corrected chi connectivity index (χ3v) is 3.24. The van der Waals surface area contributed by atoms with Crippen molar-refractivity contribution in [3.8, 4) is 11.3 Å². The van der Waals surface area contributed by atoms with Crippen LogP contribution in [0.3, 0.4) is 0 Å². The lowest BCUT2D eigenvalue weighted by atomic mass is 10.2. The standard InChI is InChI=1S/C14H12ClN5O/c15-12-13(16)18-8-19-14(12)17-7-10-6-11(21-20-10)9-4-2-1-3-5-9/h1-6,8H,7H2,(H3,16,17,18,19). The van der Waals surface area contributed by atoms with E-state index in [2.05, 4.69) is 20.4 Å². The average molecular weight is 302 g/mol. The molecule has 0 aliphatic rings. The van der Waals surface area contributed by atoms with E-state index in [4.69, 9.17) is 21.9 Å². The molecule has 6 nitrogen and oxygen atoms in total. The zero-order valence-corrected chi connectivity index (χ0v) is 11.7. The van der Waals surface area contributed by atoms with Crippen LogP contribution in [0.1, 0.15) is 5.69 Å². The molecule has 0 atom stereocenters. The Morgan fingerprint density at radius 3 is 2.81 bits per heavy atom. The van der Waals surface area contributed by atoms with Crippen LogP contribution in [0.5, 0.6) is 0 Å². The highest BCUT2D eigenvalue weighted by Crippen LogP contribution is 2.24. The second-order valence-corrected chi connectivity index (χ2v) is 4.70. The molecule has 7 heteroatoms. The van der Waals surface area contributed by atoms with E-state index in [1.165, 1.54) is 6.33 Å². The molecule has 0 aliphatic heterocycles. The molecular formula is C14H12ClN5O. The van der Waals surface area contributed by atoms with Crippen molar-refractivity contribution < 1.29 is 4.52 Å². The number of anilines is 2. The molecule has 2 aromatic heterocycles. The Bertz CT molecular complexity index is 744. The summed E-state index contributed by atoms with van der Waals surface area (Å²) in [7, 11) is 0. The fourth-order valence-electron chi connectivity index (χ4n) is 1.81. The molecule has 2 heterocycles. The first kappa shape index (κ1) is 13.4. The van der Waals surface area contributed by atoms with Crippen molar-refractivity contribution in [2.75, 3.05) is 11.1 Å². The summed E-state index contributed by atoms with van der Waals surface area (Å²) in [6, 6.07) is 11.6. The quantitative estimate of drug-likeness (QED) is 0.770. The molecule has 0 bridgehead atoms. The van der Waals surface area contributed by atoms with Crippen LogP contribution in [0.4, 0.5) is 11.6 Å². The van der Waals surface area contributed by atoms with Gasteiger partial charge in [-0.3, -0.25) is 0 Å². The average Bonchev–Trinajstić information content (AvgIpc) is 2.99. The van der Waals surface area contributed by atoms with Crippen LogP contribution in [0.25, 0.3) is 11.3 Å². The smallest absolute Gasteiger partial charge is 0.167 e. The van der Waals surface area contributed by atoms with Crippen LogP contribution in [-0.2, 0) is 6.54 Å². The summed E-state index contributed by atoms with van der Waals surface area (Å²) < 4.78 is 5.31. The van der Waals surface area contributed by atoms with Gasteiger partial charge in [0.2, 0.25) is 0 Å². The van der Waals surface area contributed by atoms with E-state index in [0.29, 0.717) is 23.1 Å². The molecule has 0 amide bonds. The summed E-state index contributed by atoms with van der Waals surface area (Å²) in [5.41, 5.74) is 7.32. The molecule has 0 saturated carbocycles. The van der Waals surface area contributed by atoms with Crippen molar-refractivity contribution in [2.24, 2.45) is 0 Å². The molecular weight excluding hydrogens is 290 g/mol. The highest BCUT2D eigenvalue weighted by atomic mass is 35.5. The summed E-state index contributed by atoms with van der Waals surface area (Å²) in [5.74, 6) is 1.41. The molecule has 3 rings (SSSR count). The number of aromatic nitrogens is 3. The Hall–Kier alpha value is -2.60. The van der Waals surface area contributed by atoms with E-state index < -0.39 is 0 Å². The van der Waals surface area contributed by atoms with Gasteiger partial charge in [-0.1, -0.05) is 47.1 Å². The topological polar surface area (TPSA) is 89.9 Å². The molecule has 1 aromatic carbocycles. The maximum atomic E-state index is 6.00. The highest BCUT2D eigenvalue weighted by molar-refractivity contribution is 6.35. The van der Waals surface area contributed by atoms with E-state index in [1.807, 2.05) is 36.4 Å². The Kier molecular flexibility index (Phi) is 3.70. The number of hydrogen-bond acceptors (Lipinski definition) is 6. The summed E-state index contributed by atoms with van der Waals surface area (Å²) in [5, 5.41) is 7.35. The monoisotopic (exact) mass is 301 g/mol. The van der Waals surface area contributed by atoms with Crippen LogP contribution >= 0.6 is 11.6 Å². The van der Waals surface area contributed by atoms with Crippen molar-refractivity contribution in [1.29, 1.82) is 0 Å². The van der Waals surface area contributed by atoms with Gasteiger partial charge in [-0.05, 0) is 0 Å². The van der Waals surface area contributed by atoms with E-state index in [0.717, 1.165) is 11.3 Å². The van der Waals surface area contributed by atoms with Gasteiger partial charge in [-0.2, -0.15) is 0 Å². The van der Waals surface area contributed by atoms with Crippen molar-refractivity contribution in [2.45, 2.75) is 6.54 Å². The molecule has 0 radical (unpaired) electrons. The van der Waals surface area contributed by atoms with Crippen LogP contribution in [0.15, 0.2) is 47.2 Å². The van der Waals surface area contributed by atoms with E-state index in [1.54, 1.807) is 0 Å².